The number of carbonyl (C=O) groups is 1. The summed E-state index contributed by atoms with van der Waals surface area (Å²) < 4.78 is 56.4. The third kappa shape index (κ3) is 6.16. The molecule has 1 heterocycles. The Morgan fingerprint density at radius 1 is 0.889 bits per heavy atom. The van der Waals surface area contributed by atoms with Crippen LogP contribution in [0.15, 0.2) is 64.4 Å². The number of piperidine rings is 1. The van der Waals surface area contributed by atoms with Crippen LogP contribution in [0, 0.1) is 5.92 Å². The molecular formula is C26H35N3O5S2. The molecule has 0 aromatic heterocycles. The van der Waals surface area contributed by atoms with E-state index in [9.17, 15) is 21.6 Å². The number of hydrogen-bond donors (Lipinski definition) is 1. The van der Waals surface area contributed by atoms with Crippen molar-refractivity contribution in [3.8, 4) is 0 Å². The minimum atomic E-state index is -4.02. The van der Waals surface area contributed by atoms with E-state index in [2.05, 4.69) is 5.32 Å². The Morgan fingerprint density at radius 3 is 2.17 bits per heavy atom. The highest BCUT2D eigenvalue weighted by atomic mass is 32.2. The van der Waals surface area contributed by atoms with Gasteiger partial charge in [-0.2, -0.15) is 8.61 Å². The van der Waals surface area contributed by atoms with Crippen LogP contribution in [0.3, 0.4) is 0 Å². The lowest BCUT2D eigenvalue weighted by Gasteiger charge is -2.33. The summed E-state index contributed by atoms with van der Waals surface area (Å²) >= 11 is 0. The maximum atomic E-state index is 13.7. The highest BCUT2D eigenvalue weighted by Gasteiger charge is 2.35. The number of nitrogens with one attached hydrogen (secondary N) is 1. The standard InChI is InChI=1S/C26H35N3O5S2/c1-21-9-8-18-28(19-21)35(31,32)24-14-16-25(17-15-24)36(33,34)29(23-12-6-3-7-13-23)20-26(30)27-22-10-4-2-5-11-22/h2,4-5,10-11,14-17,21,23H,3,6-9,12-13,18-20H2,1H3,(H,27,30)/t21-/m0/s1. The van der Waals surface area contributed by atoms with Crippen molar-refractivity contribution >= 4 is 31.6 Å². The largest absolute Gasteiger partial charge is 0.325 e. The van der Waals surface area contributed by atoms with E-state index in [1.807, 2.05) is 13.0 Å². The van der Waals surface area contributed by atoms with Crippen molar-refractivity contribution < 1.29 is 21.6 Å². The molecule has 0 radical (unpaired) electrons. The average molecular weight is 534 g/mol. The van der Waals surface area contributed by atoms with Gasteiger partial charge in [0.2, 0.25) is 26.0 Å². The van der Waals surface area contributed by atoms with Gasteiger partial charge < -0.3 is 5.32 Å². The number of carbonyl (C=O) groups excluding carboxylic acids is 1. The first-order valence-corrected chi connectivity index (χ1v) is 15.5. The number of sulfonamides is 2. The fourth-order valence-electron chi connectivity index (χ4n) is 5.08. The smallest absolute Gasteiger partial charge is 0.243 e. The van der Waals surface area contributed by atoms with Crippen LogP contribution in [-0.2, 0) is 24.8 Å². The third-order valence-corrected chi connectivity index (χ3v) is 10.8. The lowest BCUT2D eigenvalue weighted by molar-refractivity contribution is -0.116. The minimum Gasteiger partial charge on any atom is -0.325 e. The van der Waals surface area contributed by atoms with E-state index in [4.69, 9.17) is 0 Å². The van der Waals surface area contributed by atoms with Gasteiger partial charge in [-0.25, -0.2) is 16.8 Å². The molecule has 2 aromatic carbocycles. The van der Waals surface area contributed by atoms with Crippen LogP contribution in [0.2, 0.25) is 0 Å². The van der Waals surface area contributed by atoms with E-state index >= 15 is 0 Å². The molecule has 1 amide bonds. The second-order valence-corrected chi connectivity index (χ2v) is 13.7. The molecule has 36 heavy (non-hydrogen) atoms. The molecule has 0 spiro atoms. The molecule has 0 bridgehead atoms. The molecule has 8 nitrogen and oxygen atoms in total. The number of nitrogens with zero attached hydrogens (tertiary/aromatic N) is 2. The van der Waals surface area contributed by atoms with Gasteiger partial charge in [0.1, 0.15) is 0 Å². The quantitative estimate of drug-likeness (QED) is 0.551. The fraction of sp³-hybridized carbons (Fsp3) is 0.500. The molecule has 1 aliphatic carbocycles. The minimum absolute atomic E-state index is 0.00783. The molecule has 0 unspecified atom stereocenters. The van der Waals surface area contributed by atoms with E-state index in [-0.39, 0.29) is 22.4 Å². The maximum absolute atomic E-state index is 13.7. The summed E-state index contributed by atoms with van der Waals surface area (Å²) in [6, 6.07) is 14.1. The Labute approximate surface area is 214 Å². The molecular weight excluding hydrogens is 498 g/mol. The molecule has 1 saturated heterocycles. The molecule has 4 rings (SSSR count). The molecule has 1 saturated carbocycles. The Bertz CT molecular complexity index is 1240. The van der Waals surface area contributed by atoms with Crippen molar-refractivity contribution in [2.24, 2.45) is 5.92 Å². The van der Waals surface area contributed by atoms with Gasteiger partial charge in [-0.05, 0) is 68.0 Å². The van der Waals surface area contributed by atoms with E-state index in [0.717, 1.165) is 32.1 Å². The molecule has 10 heteroatoms. The van der Waals surface area contributed by atoms with Crippen LogP contribution in [-0.4, -0.2) is 57.0 Å². The molecule has 1 N–H and O–H groups in total. The average Bonchev–Trinajstić information content (AvgIpc) is 2.88. The van der Waals surface area contributed by atoms with Crippen LogP contribution in [0.4, 0.5) is 5.69 Å². The second kappa shape index (κ2) is 11.4. The summed E-state index contributed by atoms with van der Waals surface area (Å²) in [5.41, 5.74) is 0.602. The summed E-state index contributed by atoms with van der Waals surface area (Å²) in [5.74, 6) is -0.118. The highest BCUT2D eigenvalue weighted by molar-refractivity contribution is 7.89. The van der Waals surface area contributed by atoms with Gasteiger partial charge in [-0.1, -0.05) is 44.4 Å². The Hall–Kier alpha value is -2.27. The number of amides is 1. The fourth-order valence-corrected chi connectivity index (χ4v) is 8.32. The molecule has 1 aliphatic heterocycles. The molecule has 2 aliphatic rings. The van der Waals surface area contributed by atoms with Crippen LogP contribution in [0.1, 0.15) is 51.9 Å². The molecule has 196 valence electrons. The van der Waals surface area contributed by atoms with Gasteiger partial charge in [-0.15, -0.1) is 0 Å². The zero-order valence-electron chi connectivity index (χ0n) is 20.7. The predicted molar refractivity (Wildman–Crippen MR) is 139 cm³/mol. The van der Waals surface area contributed by atoms with Gasteiger partial charge in [0, 0.05) is 24.8 Å². The summed E-state index contributed by atoms with van der Waals surface area (Å²) in [6.07, 6.45) is 6.05. The molecule has 1 atom stereocenters. The van der Waals surface area contributed by atoms with E-state index < -0.39 is 26.0 Å². The number of anilines is 1. The van der Waals surface area contributed by atoms with E-state index in [1.54, 1.807) is 24.3 Å². The normalized spacial score (nSPS) is 20.3. The van der Waals surface area contributed by atoms with Crippen molar-refractivity contribution in [3.63, 3.8) is 0 Å². The van der Waals surface area contributed by atoms with Gasteiger partial charge in [0.15, 0.2) is 0 Å². The SMILES string of the molecule is C[C@H]1CCCN(S(=O)(=O)c2ccc(S(=O)(=O)N(CC(=O)Nc3ccccc3)C3CCCCC3)cc2)C1. The lowest BCUT2D eigenvalue weighted by atomic mass is 9.95. The first-order valence-electron chi connectivity index (χ1n) is 12.6. The van der Waals surface area contributed by atoms with Crippen molar-refractivity contribution in [3.05, 3.63) is 54.6 Å². The molecule has 2 aromatic rings. The Morgan fingerprint density at radius 2 is 1.53 bits per heavy atom. The zero-order chi connectivity index (χ0) is 25.8. The Kier molecular flexibility index (Phi) is 8.49. The second-order valence-electron chi connectivity index (χ2n) is 9.84. The number of para-hydroxylation sites is 1. The third-order valence-electron chi connectivity index (χ3n) is 7.03. The summed E-state index contributed by atoms with van der Waals surface area (Å²) in [6.45, 7) is 2.67. The summed E-state index contributed by atoms with van der Waals surface area (Å²) in [4.78, 5) is 12.9. The van der Waals surface area contributed by atoms with Crippen LogP contribution >= 0.6 is 0 Å². The van der Waals surface area contributed by atoms with Gasteiger partial charge >= 0.3 is 0 Å². The van der Waals surface area contributed by atoms with Gasteiger partial charge in [-0.3, -0.25) is 4.79 Å². The highest BCUT2D eigenvalue weighted by Crippen LogP contribution is 2.29. The number of hydrogen-bond acceptors (Lipinski definition) is 5. The van der Waals surface area contributed by atoms with Crippen LogP contribution in [0.25, 0.3) is 0 Å². The van der Waals surface area contributed by atoms with Crippen molar-refractivity contribution in [1.82, 2.24) is 8.61 Å². The monoisotopic (exact) mass is 533 g/mol. The summed E-state index contributed by atoms with van der Waals surface area (Å²) in [7, 11) is -7.71. The number of benzene rings is 2. The number of rotatable bonds is 8. The van der Waals surface area contributed by atoms with Crippen molar-refractivity contribution in [2.45, 2.75) is 67.7 Å². The molecule has 2 fully saturated rings. The van der Waals surface area contributed by atoms with Crippen molar-refractivity contribution in [2.75, 3.05) is 25.0 Å². The van der Waals surface area contributed by atoms with Gasteiger partial charge in [0.05, 0.1) is 16.3 Å². The van der Waals surface area contributed by atoms with E-state index in [0.29, 0.717) is 37.5 Å². The predicted octanol–water partition coefficient (Wildman–Crippen LogP) is 4.07. The maximum Gasteiger partial charge on any atom is 0.243 e. The first-order chi connectivity index (χ1) is 17.2. The van der Waals surface area contributed by atoms with Crippen LogP contribution in [0.5, 0.6) is 0 Å². The van der Waals surface area contributed by atoms with Gasteiger partial charge in [0.25, 0.3) is 0 Å². The zero-order valence-corrected chi connectivity index (χ0v) is 22.3. The van der Waals surface area contributed by atoms with Crippen LogP contribution < -0.4 is 5.32 Å². The lowest BCUT2D eigenvalue weighted by Crippen LogP contribution is -2.45. The Balaban J connectivity index is 1.56. The van der Waals surface area contributed by atoms with Crippen molar-refractivity contribution in [1.29, 1.82) is 0 Å². The first kappa shape index (κ1) is 26.8. The topological polar surface area (TPSA) is 104 Å². The summed E-state index contributed by atoms with van der Waals surface area (Å²) in [5, 5.41) is 2.77. The van der Waals surface area contributed by atoms with E-state index in [1.165, 1.54) is 32.9 Å².